The molecule has 1 heterocycles. The number of anilines is 1. The Morgan fingerprint density at radius 1 is 1.22 bits per heavy atom. The number of carbonyl (C=O) groups excluding carboxylic acids is 2. The summed E-state index contributed by atoms with van der Waals surface area (Å²) >= 11 is 0. The van der Waals surface area contributed by atoms with Crippen molar-refractivity contribution >= 4 is 48.9 Å². The molecule has 0 spiro atoms. The van der Waals surface area contributed by atoms with E-state index in [4.69, 9.17) is 10.5 Å². The van der Waals surface area contributed by atoms with Crippen molar-refractivity contribution in [1.82, 2.24) is 0 Å². The molecule has 3 rings (SSSR count). The third-order valence-electron chi connectivity index (χ3n) is 4.82. The minimum atomic E-state index is -4.71. The van der Waals surface area contributed by atoms with Crippen LogP contribution in [0.3, 0.4) is 0 Å². The topological polar surface area (TPSA) is 201 Å². The maximum absolute atomic E-state index is 12.9. The van der Waals surface area contributed by atoms with E-state index in [2.05, 4.69) is 21.9 Å². The summed E-state index contributed by atoms with van der Waals surface area (Å²) < 4.78 is 62.9. The standard InChI is InChI=1S/C20H19N5O8S2.K/c1-4-34(28,29)16-10-15(33-3)14(9-11(16)2)22-23-18-17(19(21)26)24-25(20(18)27)12-5-7-13(8-6-12)35(30,31)32;/h4-10,18H,1H2,2-3H3,(H2,21,26)(H,30,31,32);/q;+1/p-1. The predicted octanol–water partition coefficient (Wildman–Crippen LogP) is -1.83. The van der Waals surface area contributed by atoms with E-state index in [1.54, 1.807) is 0 Å². The van der Waals surface area contributed by atoms with Crippen LogP contribution in [0.15, 0.2) is 73.5 Å². The molecule has 0 aromatic heterocycles. The summed E-state index contributed by atoms with van der Waals surface area (Å²) in [5.74, 6) is -1.87. The number of aryl methyl sites for hydroxylation is 1. The molecule has 36 heavy (non-hydrogen) atoms. The average Bonchev–Trinajstić information content (AvgIpc) is 3.13. The van der Waals surface area contributed by atoms with Crippen molar-refractivity contribution < 1.29 is 87.1 Å². The normalized spacial score (nSPS) is 16.0. The van der Waals surface area contributed by atoms with Crippen LogP contribution in [0.1, 0.15) is 5.56 Å². The first-order valence-electron chi connectivity index (χ1n) is 9.55. The summed E-state index contributed by atoms with van der Waals surface area (Å²) in [4.78, 5) is 24.2. The van der Waals surface area contributed by atoms with E-state index in [9.17, 15) is 31.0 Å². The SMILES string of the molecule is C=CS(=O)(=O)c1cc(OC)c(N=NC2C(=O)N(c3ccc(S(=O)(=O)[O-])cc3)N=C2C(N)=O)cc1C.[K+]. The van der Waals surface area contributed by atoms with Crippen LogP contribution in [0.2, 0.25) is 0 Å². The first-order chi connectivity index (χ1) is 16.3. The first-order valence-corrected chi connectivity index (χ1v) is 12.5. The van der Waals surface area contributed by atoms with Crippen molar-refractivity contribution in [2.75, 3.05) is 12.1 Å². The molecular weight excluding hydrogens is 541 g/mol. The van der Waals surface area contributed by atoms with E-state index in [1.807, 2.05) is 0 Å². The van der Waals surface area contributed by atoms with Gasteiger partial charge < -0.3 is 15.0 Å². The minimum Gasteiger partial charge on any atom is -0.744 e. The van der Waals surface area contributed by atoms with Gasteiger partial charge in [-0.2, -0.15) is 20.3 Å². The molecule has 1 unspecified atom stereocenters. The molecule has 2 aromatic carbocycles. The molecule has 1 atom stereocenters. The molecule has 0 saturated heterocycles. The monoisotopic (exact) mass is 559 g/mol. The largest absolute Gasteiger partial charge is 1.00 e. The van der Waals surface area contributed by atoms with Gasteiger partial charge in [0.15, 0.2) is 15.5 Å². The Bertz CT molecular complexity index is 1500. The molecule has 0 bridgehead atoms. The second-order valence-corrected chi connectivity index (χ2v) is 10.3. The molecule has 16 heteroatoms. The number of primary amides is 1. The summed E-state index contributed by atoms with van der Waals surface area (Å²) in [5, 5.41) is 13.3. The predicted molar refractivity (Wildman–Crippen MR) is 122 cm³/mol. The molecule has 0 fully saturated rings. The number of sulfone groups is 1. The number of nitrogens with zero attached hydrogens (tertiary/aromatic N) is 4. The van der Waals surface area contributed by atoms with Crippen LogP contribution in [0.25, 0.3) is 0 Å². The Morgan fingerprint density at radius 3 is 2.33 bits per heavy atom. The van der Waals surface area contributed by atoms with Crippen molar-refractivity contribution in [3.8, 4) is 5.75 Å². The Morgan fingerprint density at radius 2 is 1.83 bits per heavy atom. The molecule has 1 aliphatic heterocycles. The van der Waals surface area contributed by atoms with Gasteiger partial charge in [0.2, 0.25) is 6.04 Å². The van der Waals surface area contributed by atoms with Crippen LogP contribution in [0, 0.1) is 6.92 Å². The number of amides is 2. The quantitative estimate of drug-likeness (QED) is 0.221. The number of azo groups is 1. The van der Waals surface area contributed by atoms with Gasteiger partial charge in [-0.25, -0.2) is 16.8 Å². The fraction of sp³-hybridized carbons (Fsp3) is 0.150. The van der Waals surface area contributed by atoms with Gasteiger partial charge in [-0.3, -0.25) is 9.59 Å². The molecule has 2 N–H and O–H groups in total. The molecule has 0 aliphatic carbocycles. The number of hydrogen-bond donors (Lipinski definition) is 1. The first kappa shape index (κ1) is 29.9. The molecule has 2 aromatic rings. The zero-order valence-electron chi connectivity index (χ0n) is 19.3. The fourth-order valence-electron chi connectivity index (χ4n) is 3.08. The van der Waals surface area contributed by atoms with Crippen LogP contribution in [0.4, 0.5) is 11.4 Å². The molecule has 0 saturated carbocycles. The average molecular weight is 560 g/mol. The van der Waals surface area contributed by atoms with Crippen molar-refractivity contribution in [2.45, 2.75) is 22.8 Å². The van der Waals surface area contributed by atoms with Crippen LogP contribution in [0.5, 0.6) is 5.75 Å². The van der Waals surface area contributed by atoms with E-state index in [-0.39, 0.29) is 73.4 Å². The molecule has 1 aliphatic rings. The molecule has 2 amide bonds. The smallest absolute Gasteiger partial charge is 0.744 e. The van der Waals surface area contributed by atoms with Gasteiger partial charge in [-0.1, -0.05) is 6.58 Å². The maximum atomic E-state index is 12.9. The van der Waals surface area contributed by atoms with Crippen LogP contribution < -0.4 is 66.9 Å². The molecule has 0 radical (unpaired) electrons. The van der Waals surface area contributed by atoms with Gasteiger partial charge in [0.1, 0.15) is 21.6 Å². The van der Waals surface area contributed by atoms with Crippen LogP contribution in [-0.2, 0) is 29.5 Å². The number of ether oxygens (including phenoxy) is 1. The summed E-state index contributed by atoms with van der Waals surface area (Å²) in [6.07, 6.45) is 0. The third kappa shape index (κ3) is 6.14. The van der Waals surface area contributed by atoms with Gasteiger partial charge in [0.05, 0.1) is 22.6 Å². The summed E-state index contributed by atoms with van der Waals surface area (Å²) in [7, 11) is -7.21. The van der Waals surface area contributed by atoms with Gasteiger partial charge in [0.25, 0.3) is 11.8 Å². The van der Waals surface area contributed by atoms with Gasteiger partial charge in [-0.05, 0) is 42.8 Å². The van der Waals surface area contributed by atoms with Crippen LogP contribution >= 0.6 is 0 Å². The number of benzene rings is 2. The third-order valence-corrected chi connectivity index (χ3v) is 7.16. The number of nitrogens with two attached hydrogens (primary N) is 1. The van der Waals surface area contributed by atoms with E-state index < -0.39 is 48.4 Å². The summed E-state index contributed by atoms with van der Waals surface area (Å²) in [5.41, 5.74) is 5.30. The number of hydrazone groups is 1. The van der Waals surface area contributed by atoms with Crippen molar-refractivity contribution in [3.63, 3.8) is 0 Å². The molecular formula is C20H18KN5O8S2. The van der Waals surface area contributed by atoms with Crippen molar-refractivity contribution in [3.05, 3.63) is 53.9 Å². The maximum Gasteiger partial charge on any atom is 1.00 e. The minimum absolute atomic E-state index is 0. The van der Waals surface area contributed by atoms with Gasteiger partial charge >= 0.3 is 51.4 Å². The van der Waals surface area contributed by atoms with E-state index >= 15 is 0 Å². The Labute approximate surface area is 249 Å². The number of carbonyl (C=O) groups is 2. The van der Waals surface area contributed by atoms with Gasteiger partial charge in [-0.15, -0.1) is 0 Å². The van der Waals surface area contributed by atoms with Crippen molar-refractivity contribution in [1.29, 1.82) is 0 Å². The fourth-order valence-corrected chi connectivity index (χ4v) is 4.51. The Hall–Kier alpha value is -2.31. The zero-order valence-corrected chi connectivity index (χ0v) is 24.0. The second-order valence-electron chi connectivity index (χ2n) is 7.07. The summed E-state index contributed by atoms with van der Waals surface area (Å²) in [6, 6.07) is 5.29. The Kier molecular flexibility index (Phi) is 9.46. The number of hydrogen-bond acceptors (Lipinski definition) is 11. The molecule has 13 nitrogen and oxygen atoms in total. The summed E-state index contributed by atoms with van der Waals surface area (Å²) in [6.45, 7) is 4.80. The van der Waals surface area contributed by atoms with Crippen LogP contribution in [-0.4, -0.2) is 52.1 Å². The van der Waals surface area contributed by atoms with Gasteiger partial charge in [0, 0.05) is 11.5 Å². The number of rotatable bonds is 8. The molecule has 184 valence electrons. The van der Waals surface area contributed by atoms with E-state index in [0.717, 1.165) is 34.7 Å². The van der Waals surface area contributed by atoms with E-state index in [1.165, 1.54) is 26.2 Å². The second kappa shape index (κ2) is 11.4. The Balaban J connectivity index is 0.00000456. The number of methoxy groups -OCH3 is 1. The van der Waals surface area contributed by atoms with Crippen molar-refractivity contribution in [2.24, 2.45) is 21.1 Å². The zero-order chi connectivity index (χ0) is 26.1. The van der Waals surface area contributed by atoms with E-state index in [0.29, 0.717) is 5.56 Å².